The molecule has 0 spiro atoms. The Balaban J connectivity index is 1.48. The first-order valence-corrected chi connectivity index (χ1v) is 14.3. The van der Waals surface area contributed by atoms with E-state index in [1.54, 1.807) is 38.5 Å². The van der Waals surface area contributed by atoms with Crippen molar-refractivity contribution < 1.29 is 28.8 Å². The Morgan fingerprint density at radius 1 is 0.837 bits per heavy atom. The number of hydrogen-bond donors (Lipinski definition) is 5. The molecule has 0 aliphatic heterocycles. The number of aliphatic hydroxyl groups excluding tert-OH is 1. The van der Waals surface area contributed by atoms with E-state index in [0.717, 1.165) is 6.42 Å². The predicted molar refractivity (Wildman–Crippen MR) is 166 cm³/mol. The quantitative estimate of drug-likeness (QED) is 0.121. The molecule has 1 aromatic heterocycles. The molecule has 0 fully saturated rings. The molecule has 2 aromatic carbocycles. The number of methoxy groups -OCH3 is 2. The van der Waals surface area contributed by atoms with Crippen molar-refractivity contribution >= 4 is 29.4 Å². The van der Waals surface area contributed by atoms with Gasteiger partial charge in [-0.2, -0.15) is 15.0 Å². The van der Waals surface area contributed by atoms with Crippen molar-refractivity contribution in [3.63, 3.8) is 0 Å². The molecule has 1 atom stereocenters. The first-order valence-electron chi connectivity index (χ1n) is 14.3. The van der Waals surface area contributed by atoms with Gasteiger partial charge in [0.25, 0.3) is 5.91 Å². The molecular formula is C30H43N7O6. The van der Waals surface area contributed by atoms with Crippen LogP contribution in [0.25, 0.3) is 0 Å². The van der Waals surface area contributed by atoms with E-state index in [1.807, 2.05) is 24.3 Å². The lowest BCUT2D eigenvalue weighted by molar-refractivity contribution is 0.0519. The van der Waals surface area contributed by atoms with Crippen molar-refractivity contribution in [2.45, 2.75) is 26.3 Å². The Bertz CT molecular complexity index is 1250. The van der Waals surface area contributed by atoms with Gasteiger partial charge in [0.1, 0.15) is 0 Å². The minimum atomic E-state index is -0.209. The van der Waals surface area contributed by atoms with Crippen molar-refractivity contribution in [2.75, 3.05) is 76.3 Å². The predicted octanol–water partition coefficient (Wildman–Crippen LogP) is 3.33. The van der Waals surface area contributed by atoms with Crippen LogP contribution in [0.1, 0.15) is 30.6 Å². The third kappa shape index (κ3) is 11.9. The zero-order valence-electron chi connectivity index (χ0n) is 25.3. The van der Waals surface area contributed by atoms with Gasteiger partial charge >= 0.3 is 0 Å². The van der Waals surface area contributed by atoms with Crippen LogP contribution in [-0.2, 0) is 9.47 Å². The van der Waals surface area contributed by atoms with Crippen LogP contribution in [-0.4, -0.2) is 92.4 Å². The number of aliphatic hydroxyl groups is 1. The smallest absolute Gasteiger partial charge is 0.251 e. The fourth-order valence-corrected chi connectivity index (χ4v) is 4.03. The lowest BCUT2D eigenvalue weighted by atomic mass is 10.0. The van der Waals surface area contributed by atoms with Crippen molar-refractivity contribution in [1.29, 1.82) is 0 Å². The van der Waals surface area contributed by atoms with Gasteiger partial charge in [-0.25, -0.2) is 0 Å². The molecule has 234 valence electrons. The summed E-state index contributed by atoms with van der Waals surface area (Å²) in [6.07, 6.45) is 0.749. The first kappa shape index (κ1) is 33.3. The Labute approximate surface area is 252 Å². The van der Waals surface area contributed by atoms with Crippen LogP contribution in [0.5, 0.6) is 11.5 Å². The third-order valence-electron chi connectivity index (χ3n) is 6.05. The summed E-state index contributed by atoms with van der Waals surface area (Å²) in [5.74, 6) is 2.40. The van der Waals surface area contributed by atoms with Crippen molar-refractivity contribution in [3.05, 3.63) is 54.1 Å². The summed E-state index contributed by atoms with van der Waals surface area (Å²) in [4.78, 5) is 25.5. The number of nitrogens with zero attached hydrogens (tertiary/aromatic N) is 3. The Hall–Kier alpha value is -4.20. The van der Waals surface area contributed by atoms with Gasteiger partial charge in [-0.3, -0.25) is 4.79 Å². The third-order valence-corrected chi connectivity index (χ3v) is 6.05. The molecule has 0 saturated heterocycles. The van der Waals surface area contributed by atoms with E-state index in [4.69, 9.17) is 18.9 Å². The number of carbonyl (C=O) groups excluding carboxylic acids is 1. The number of ether oxygens (including phenoxy) is 4. The number of amides is 1. The van der Waals surface area contributed by atoms with Gasteiger partial charge in [-0.15, -0.1) is 0 Å². The van der Waals surface area contributed by atoms with Crippen LogP contribution in [0.4, 0.5) is 23.5 Å². The normalized spacial score (nSPS) is 11.6. The standard InChI is InChI=1S/C30H43N7O6/c1-21(2)18-24(20-38)34-30-36-28(35-29(37-30)33-23-10-11-25(40-3)26(19-23)41-4)32-13-15-43-17-16-42-14-12-31-27(39)22-8-6-5-7-9-22/h5-11,19,21,24,38H,12-18,20H2,1-4H3,(H,31,39)(H3,32,33,34,35,36,37)/t24-/m1/s1. The fourth-order valence-electron chi connectivity index (χ4n) is 4.03. The van der Waals surface area contributed by atoms with Crippen LogP contribution in [0, 0.1) is 5.92 Å². The zero-order chi connectivity index (χ0) is 30.9. The topological polar surface area (TPSA) is 161 Å². The molecule has 3 rings (SSSR count). The molecule has 0 aliphatic rings. The van der Waals surface area contributed by atoms with Gasteiger partial charge < -0.3 is 45.3 Å². The molecule has 3 aromatic rings. The highest BCUT2D eigenvalue weighted by Crippen LogP contribution is 2.30. The number of hydrogen-bond acceptors (Lipinski definition) is 12. The molecule has 0 radical (unpaired) electrons. The maximum Gasteiger partial charge on any atom is 0.251 e. The molecule has 5 N–H and O–H groups in total. The largest absolute Gasteiger partial charge is 0.493 e. The Kier molecular flexibility index (Phi) is 14.2. The second-order valence-corrected chi connectivity index (χ2v) is 9.93. The minimum absolute atomic E-state index is 0.0552. The van der Waals surface area contributed by atoms with Crippen LogP contribution >= 0.6 is 0 Å². The molecule has 1 heterocycles. The highest BCUT2D eigenvalue weighted by atomic mass is 16.5. The van der Waals surface area contributed by atoms with Gasteiger partial charge in [0.2, 0.25) is 17.8 Å². The lowest BCUT2D eigenvalue weighted by Gasteiger charge is -2.19. The van der Waals surface area contributed by atoms with Crippen molar-refractivity contribution in [1.82, 2.24) is 20.3 Å². The molecule has 43 heavy (non-hydrogen) atoms. The zero-order valence-corrected chi connectivity index (χ0v) is 25.3. The molecule has 0 saturated carbocycles. The maximum atomic E-state index is 12.0. The van der Waals surface area contributed by atoms with E-state index in [0.29, 0.717) is 86.0 Å². The van der Waals surface area contributed by atoms with E-state index in [2.05, 4.69) is 50.1 Å². The number of nitrogens with one attached hydrogen (secondary N) is 4. The van der Waals surface area contributed by atoms with Gasteiger partial charge in [0, 0.05) is 30.4 Å². The average Bonchev–Trinajstić information content (AvgIpc) is 3.01. The number of rotatable bonds is 20. The fraction of sp³-hybridized carbons (Fsp3) is 0.467. The molecule has 13 nitrogen and oxygen atoms in total. The number of carbonyl (C=O) groups is 1. The van der Waals surface area contributed by atoms with Crippen molar-refractivity contribution in [3.8, 4) is 11.5 Å². The van der Waals surface area contributed by atoms with E-state index in [9.17, 15) is 9.90 Å². The number of anilines is 4. The van der Waals surface area contributed by atoms with Crippen LogP contribution in [0.3, 0.4) is 0 Å². The van der Waals surface area contributed by atoms with E-state index in [-0.39, 0.29) is 18.6 Å². The maximum absolute atomic E-state index is 12.0. The molecule has 0 aliphatic carbocycles. The van der Waals surface area contributed by atoms with E-state index >= 15 is 0 Å². The second kappa shape index (κ2) is 18.4. The minimum Gasteiger partial charge on any atom is -0.493 e. The van der Waals surface area contributed by atoms with Gasteiger partial charge in [-0.1, -0.05) is 32.0 Å². The van der Waals surface area contributed by atoms with Crippen molar-refractivity contribution in [2.24, 2.45) is 5.92 Å². The Morgan fingerprint density at radius 3 is 2.19 bits per heavy atom. The SMILES string of the molecule is COc1ccc(Nc2nc(NCCOCCOCCNC(=O)c3ccccc3)nc(N[C@@H](CO)CC(C)C)n2)cc1OC. The number of aromatic nitrogens is 3. The van der Waals surface area contributed by atoms with Crippen LogP contribution in [0.2, 0.25) is 0 Å². The van der Waals surface area contributed by atoms with Gasteiger partial charge in [0.05, 0.1) is 53.3 Å². The summed E-state index contributed by atoms with van der Waals surface area (Å²) >= 11 is 0. The molecule has 0 unspecified atom stereocenters. The summed E-state index contributed by atoms with van der Waals surface area (Å²) in [6, 6.07) is 14.2. The van der Waals surface area contributed by atoms with Gasteiger partial charge in [-0.05, 0) is 36.6 Å². The molecule has 0 bridgehead atoms. The van der Waals surface area contributed by atoms with Crippen LogP contribution < -0.4 is 30.7 Å². The van der Waals surface area contributed by atoms with E-state index in [1.165, 1.54) is 0 Å². The molecule has 1 amide bonds. The highest BCUT2D eigenvalue weighted by Gasteiger charge is 2.14. The summed E-state index contributed by atoms with van der Waals surface area (Å²) < 4.78 is 21.9. The van der Waals surface area contributed by atoms with E-state index < -0.39 is 0 Å². The van der Waals surface area contributed by atoms with Gasteiger partial charge in [0.15, 0.2) is 11.5 Å². The molecular weight excluding hydrogens is 554 g/mol. The second-order valence-electron chi connectivity index (χ2n) is 9.93. The lowest BCUT2D eigenvalue weighted by Crippen LogP contribution is -2.27. The monoisotopic (exact) mass is 597 g/mol. The average molecular weight is 598 g/mol. The molecule has 13 heteroatoms. The number of benzene rings is 2. The highest BCUT2D eigenvalue weighted by molar-refractivity contribution is 5.94. The first-order chi connectivity index (χ1) is 20.9. The summed E-state index contributed by atoms with van der Waals surface area (Å²) in [5, 5.41) is 22.2. The summed E-state index contributed by atoms with van der Waals surface area (Å²) in [6.45, 7) is 6.57. The van der Waals surface area contributed by atoms with Crippen LogP contribution in [0.15, 0.2) is 48.5 Å². The summed E-state index contributed by atoms with van der Waals surface area (Å²) in [5.41, 5.74) is 1.32. The summed E-state index contributed by atoms with van der Waals surface area (Å²) in [7, 11) is 3.15. The Morgan fingerprint density at radius 2 is 1.51 bits per heavy atom.